The van der Waals surface area contributed by atoms with E-state index in [1.807, 2.05) is 12.1 Å². The number of hydrogen-bond donors (Lipinski definition) is 1. The lowest BCUT2D eigenvalue weighted by molar-refractivity contribution is 0.0273. The SMILES string of the molecule is O=C(Nc1ccn(C2COC(COC(=O)c3ccccc3)S2)c(=O)n1)c1ccccc1. The van der Waals surface area contributed by atoms with Crippen LogP contribution in [0.3, 0.4) is 0 Å². The standard InChI is InChI=1S/C22H19N3O5S/c26-20(15-7-3-1-4-8-15)23-17-11-12-25(22(28)24-17)18-13-29-19(31-18)14-30-21(27)16-9-5-2-6-10-16/h1-12,18-19H,13-14H2,(H,23,24,26,28). The van der Waals surface area contributed by atoms with Gasteiger partial charge in [0, 0.05) is 11.8 Å². The lowest BCUT2D eigenvalue weighted by atomic mass is 10.2. The van der Waals surface area contributed by atoms with Crippen LogP contribution in [0.5, 0.6) is 0 Å². The van der Waals surface area contributed by atoms with Crippen LogP contribution in [-0.2, 0) is 9.47 Å². The van der Waals surface area contributed by atoms with Crippen molar-refractivity contribution in [3.05, 3.63) is 94.5 Å². The number of benzene rings is 2. The van der Waals surface area contributed by atoms with E-state index >= 15 is 0 Å². The van der Waals surface area contributed by atoms with Crippen LogP contribution in [0.1, 0.15) is 26.1 Å². The summed E-state index contributed by atoms with van der Waals surface area (Å²) in [5.41, 5.74) is 0.0487. The number of carbonyl (C=O) groups excluding carboxylic acids is 2. The molecule has 1 N–H and O–H groups in total. The summed E-state index contributed by atoms with van der Waals surface area (Å²) in [5.74, 6) is -0.595. The maximum atomic E-state index is 12.4. The minimum absolute atomic E-state index is 0.0717. The van der Waals surface area contributed by atoms with Crippen molar-refractivity contribution < 1.29 is 19.1 Å². The van der Waals surface area contributed by atoms with Crippen LogP contribution in [0, 0.1) is 0 Å². The van der Waals surface area contributed by atoms with Gasteiger partial charge >= 0.3 is 11.7 Å². The molecule has 3 aromatic rings. The first-order chi connectivity index (χ1) is 15.1. The Balaban J connectivity index is 1.33. The van der Waals surface area contributed by atoms with E-state index in [2.05, 4.69) is 10.3 Å². The summed E-state index contributed by atoms with van der Waals surface area (Å²) in [6, 6.07) is 18.9. The van der Waals surface area contributed by atoms with E-state index < -0.39 is 11.7 Å². The molecule has 8 nitrogen and oxygen atoms in total. The second kappa shape index (κ2) is 9.59. The Morgan fingerprint density at radius 3 is 2.42 bits per heavy atom. The molecule has 1 aliphatic rings. The van der Waals surface area contributed by atoms with Crippen LogP contribution >= 0.6 is 11.8 Å². The summed E-state index contributed by atoms with van der Waals surface area (Å²) in [4.78, 5) is 40.7. The summed E-state index contributed by atoms with van der Waals surface area (Å²) in [6.45, 7) is 0.345. The zero-order chi connectivity index (χ0) is 21.6. The number of anilines is 1. The number of ether oxygens (including phenoxy) is 2. The third kappa shape index (κ3) is 5.19. The molecule has 0 aliphatic carbocycles. The highest BCUT2D eigenvalue weighted by molar-refractivity contribution is 8.00. The van der Waals surface area contributed by atoms with E-state index in [1.165, 1.54) is 16.3 Å². The van der Waals surface area contributed by atoms with Crippen molar-refractivity contribution in [2.75, 3.05) is 18.5 Å². The molecule has 9 heteroatoms. The Labute approximate surface area is 182 Å². The molecule has 0 saturated carbocycles. The van der Waals surface area contributed by atoms with Gasteiger partial charge in [0.1, 0.15) is 23.2 Å². The summed E-state index contributed by atoms with van der Waals surface area (Å²) in [6.07, 6.45) is 1.56. The molecule has 158 valence electrons. The maximum absolute atomic E-state index is 12.4. The van der Waals surface area contributed by atoms with Gasteiger partial charge in [-0.1, -0.05) is 48.2 Å². The summed E-state index contributed by atoms with van der Waals surface area (Å²) >= 11 is 1.37. The van der Waals surface area contributed by atoms with E-state index in [0.29, 0.717) is 11.1 Å². The Hall–Kier alpha value is -3.43. The molecule has 1 fully saturated rings. The molecule has 4 rings (SSSR count). The highest BCUT2D eigenvalue weighted by atomic mass is 32.2. The van der Waals surface area contributed by atoms with Gasteiger partial charge < -0.3 is 14.8 Å². The molecule has 0 radical (unpaired) electrons. The second-order valence-corrected chi connectivity index (χ2v) is 7.98. The fourth-order valence-electron chi connectivity index (χ4n) is 2.96. The molecular formula is C22H19N3O5S. The maximum Gasteiger partial charge on any atom is 0.350 e. The largest absolute Gasteiger partial charge is 0.458 e. The Kier molecular flexibility index (Phi) is 6.44. The third-order valence-electron chi connectivity index (χ3n) is 4.51. The molecular weight excluding hydrogens is 418 g/mol. The van der Waals surface area contributed by atoms with Crippen molar-refractivity contribution in [2.24, 2.45) is 0 Å². The van der Waals surface area contributed by atoms with Crippen LogP contribution in [0.15, 0.2) is 77.7 Å². The molecule has 1 saturated heterocycles. The van der Waals surface area contributed by atoms with Gasteiger partial charge in [-0.15, -0.1) is 0 Å². The van der Waals surface area contributed by atoms with Crippen LogP contribution in [0.25, 0.3) is 0 Å². The van der Waals surface area contributed by atoms with Gasteiger partial charge in [0.05, 0.1) is 12.2 Å². The minimum Gasteiger partial charge on any atom is -0.458 e. The summed E-state index contributed by atoms with van der Waals surface area (Å²) in [5, 5.41) is 2.31. The van der Waals surface area contributed by atoms with Gasteiger partial charge in [0.15, 0.2) is 0 Å². The number of nitrogens with one attached hydrogen (secondary N) is 1. The number of hydrogen-bond acceptors (Lipinski definition) is 7. The van der Waals surface area contributed by atoms with Gasteiger partial charge in [-0.3, -0.25) is 9.36 Å². The molecule has 0 spiro atoms. The minimum atomic E-state index is -0.506. The number of esters is 1. The normalized spacial score (nSPS) is 17.8. The van der Waals surface area contributed by atoms with Gasteiger partial charge in [0.25, 0.3) is 5.91 Å². The first-order valence-corrected chi connectivity index (χ1v) is 10.5. The summed E-state index contributed by atoms with van der Waals surface area (Å²) in [7, 11) is 0. The van der Waals surface area contributed by atoms with E-state index in [9.17, 15) is 14.4 Å². The van der Waals surface area contributed by atoms with Crippen molar-refractivity contribution in [3.63, 3.8) is 0 Å². The first kappa shape index (κ1) is 20.8. The smallest absolute Gasteiger partial charge is 0.350 e. The monoisotopic (exact) mass is 437 g/mol. The molecule has 1 aliphatic heterocycles. The van der Waals surface area contributed by atoms with E-state index in [-0.39, 0.29) is 35.7 Å². The molecule has 1 aromatic heterocycles. The van der Waals surface area contributed by atoms with Crippen molar-refractivity contribution in [1.29, 1.82) is 0 Å². The van der Waals surface area contributed by atoms with Crippen molar-refractivity contribution in [1.82, 2.24) is 9.55 Å². The van der Waals surface area contributed by atoms with Crippen LogP contribution < -0.4 is 11.0 Å². The molecule has 2 heterocycles. The average molecular weight is 437 g/mol. The van der Waals surface area contributed by atoms with Gasteiger partial charge in [0.2, 0.25) is 0 Å². The quantitative estimate of drug-likeness (QED) is 0.592. The number of nitrogens with zero attached hydrogens (tertiary/aromatic N) is 2. The lowest BCUT2D eigenvalue weighted by Crippen LogP contribution is -2.27. The number of carbonyl (C=O) groups is 2. The van der Waals surface area contributed by atoms with Crippen LogP contribution in [-0.4, -0.2) is 40.1 Å². The lowest BCUT2D eigenvalue weighted by Gasteiger charge is -2.13. The van der Waals surface area contributed by atoms with Crippen LogP contribution in [0.4, 0.5) is 5.82 Å². The molecule has 2 unspecified atom stereocenters. The zero-order valence-electron chi connectivity index (χ0n) is 16.3. The molecule has 0 bridgehead atoms. The molecule has 2 aromatic carbocycles. The van der Waals surface area contributed by atoms with Crippen molar-refractivity contribution in [3.8, 4) is 0 Å². The number of rotatable bonds is 6. The number of thioether (sulfide) groups is 1. The van der Waals surface area contributed by atoms with E-state index in [0.717, 1.165) is 0 Å². The highest BCUT2D eigenvalue weighted by Crippen LogP contribution is 2.34. The predicted octanol–water partition coefficient (Wildman–Crippen LogP) is 2.94. The highest BCUT2D eigenvalue weighted by Gasteiger charge is 2.29. The predicted molar refractivity (Wildman–Crippen MR) is 116 cm³/mol. The van der Waals surface area contributed by atoms with E-state index in [4.69, 9.17) is 9.47 Å². The third-order valence-corrected chi connectivity index (χ3v) is 5.76. The Bertz CT molecular complexity index is 1120. The number of amides is 1. The number of aromatic nitrogens is 2. The molecule has 2 atom stereocenters. The van der Waals surface area contributed by atoms with E-state index in [1.54, 1.807) is 60.8 Å². The van der Waals surface area contributed by atoms with Crippen molar-refractivity contribution >= 4 is 29.5 Å². The van der Waals surface area contributed by atoms with Crippen molar-refractivity contribution in [2.45, 2.75) is 10.8 Å². The second-order valence-electron chi connectivity index (χ2n) is 6.64. The summed E-state index contributed by atoms with van der Waals surface area (Å²) < 4.78 is 12.4. The zero-order valence-corrected chi connectivity index (χ0v) is 17.2. The molecule has 1 amide bonds. The first-order valence-electron chi connectivity index (χ1n) is 9.55. The fraction of sp³-hybridized carbons (Fsp3) is 0.182. The van der Waals surface area contributed by atoms with Gasteiger partial charge in [-0.25, -0.2) is 9.59 Å². The van der Waals surface area contributed by atoms with Gasteiger partial charge in [-0.2, -0.15) is 4.98 Å². The molecule has 31 heavy (non-hydrogen) atoms. The topological polar surface area (TPSA) is 99.5 Å². The van der Waals surface area contributed by atoms with Crippen LogP contribution in [0.2, 0.25) is 0 Å². The fourth-order valence-corrected chi connectivity index (χ4v) is 4.06. The Morgan fingerprint density at radius 1 is 1.06 bits per heavy atom. The average Bonchev–Trinajstić information content (AvgIpc) is 3.27. The van der Waals surface area contributed by atoms with Gasteiger partial charge in [-0.05, 0) is 30.3 Å². The Morgan fingerprint density at radius 2 is 1.74 bits per heavy atom.